The van der Waals surface area contributed by atoms with Crippen molar-refractivity contribution in [1.29, 1.82) is 0 Å². The molecule has 0 radical (unpaired) electrons. The molecular formula is C60H105O11P. The first-order valence-corrected chi connectivity index (χ1v) is 30.3. The Morgan fingerprint density at radius 3 is 1.14 bits per heavy atom. The van der Waals surface area contributed by atoms with Crippen LogP contribution in [0.25, 0.3) is 0 Å². The van der Waals surface area contributed by atoms with Gasteiger partial charge in [-0.1, -0.05) is 216 Å². The Labute approximate surface area is 439 Å². The van der Waals surface area contributed by atoms with E-state index in [1.54, 1.807) is 0 Å². The molecule has 0 bridgehead atoms. The number of aliphatic hydroxyl groups excluding tert-OH is 1. The summed E-state index contributed by atoms with van der Waals surface area (Å²) in [5.41, 5.74) is 0. The van der Waals surface area contributed by atoms with Crippen molar-refractivity contribution in [1.82, 2.24) is 0 Å². The van der Waals surface area contributed by atoms with Crippen molar-refractivity contribution >= 4 is 25.7 Å². The summed E-state index contributed by atoms with van der Waals surface area (Å²) in [4.78, 5) is 48.4. The normalized spacial score (nSPS) is 13.9. The zero-order valence-electron chi connectivity index (χ0n) is 45.9. The van der Waals surface area contributed by atoms with Crippen LogP contribution in [0, 0.1) is 0 Å². The van der Waals surface area contributed by atoms with Gasteiger partial charge in [-0.3, -0.25) is 23.4 Å². The van der Waals surface area contributed by atoms with E-state index >= 15 is 0 Å². The topological polar surface area (TPSA) is 155 Å². The Morgan fingerprint density at radius 2 is 0.722 bits per heavy atom. The Bertz CT molecular complexity index is 1490. The zero-order chi connectivity index (χ0) is 52.7. The highest BCUT2D eigenvalue weighted by molar-refractivity contribution is 7.47. The van der Waals surface area contributed by atoms with Crippen molar-refractivity contribution in [3.63, 3.8) is 0 Å². The lowest BCUT2D eigenvalue weighted by molar-refractivity contribution is -0.161. The molecule has 0 aliphatic rings. The largest absolute Gasteiger partial charge is 0.472 e. The number of hydrogen-bond acceptors (Lipinski definition) is 10. The van der Waals surface area contributed by atoms with Crippen LogP contribution in [0.15, 0.2) is 72.9 Å². The predicted octanol–water partition coefficient (Wildman–Crippen LogP) is 16.9. The second-order valence-corrected chi connectivity index (χ2v) is 20.5. The van der Waals surface area contributed by atoms with Crippen molar-refractivity contribution in [2.75, 3.05) is 26.4 Å². The van der Waals surface area contributed by atoms with E-state index in [4.69, 9.17) is 23.3 Å². The summed E-state index contributed by atoms with van der Waals surface area (Å²) in [6.07, 6.45) is 60.1. The van der Waals surface area contributed by atoms with E-state index in [1.807, 2.05) is 0 Å². The van der Waals surface area contributed by atoms with Crippen LogP contribution in [0.2, 0.25) is 0 Å². The fraction of sp³-hybridized carbons (Fsp3) is 0.750. The third-order valence-corrected chi connectivity index (χ3v) is 13.1. The molecule has 0 aromatic carbocycles. The maximum absolute atomic E-state index is 12.9. The Hall–Kier alpha value is -3.08. The Balaban J connectivity index is 4.77. The first-order valence-electron chi connectivity index (χ1n) is 28.8. The van der Waals surface area contributed by atoms with E-state index in [1.165, 1.54) is 89.9 Å². The fourth-order valence-electron chi connectivity index (χ4n) is 7.73. The first kappa shape index (κ1) is 68.9. The number of phosphoric acid groups is 1. The number of allylic oxidation sites excluding steroid dienone is 12. The first-order chi connectivity index (χ1) is 35.2. The average Bonchev–Trinajstić information content (AvgIpc) is 3.37. The molecule has 0 spiro atoms. The van der Waals surface area contributed by atoms with E-state index in [9.17, 15) is 28.9 Å². The SMILES string of the molecule is CC/C=C\C/C=C\C/C=C\C/C=C\C/C=C\CCCCCC(=O)OCC(COP(=O)(O)OCC(CO)OC(=O)CCCCCCCCCCC)OC(=O)CCCCCCCCC/C=C\CCCCCCCC. The second kappa shape index (κ2) is 54.2. The van der Waals surface area contributed by atoms with Gasteiger partial charge in [-0.05, 0) is 89.9 Å². The van der Waals surface area contributed by atoms with Crippen LogP contribution in [0.4, 0.5) is 0 Å². The van der Waals surface area contributed by atoms with E-state index < -0.39 is 57.8 Å². The van der Waals surface area contributed by atoms with Gasteiger partial charge in [-0.15, -0.1) is 0 Å². The standard InChI is InChI=1S/C60H105O11P/c1-4-7-10-13-16-19-21-23-25-27-28-30-31-33-35-38-40-43-46-49-58(62)67-53-57(71-60(64)51-48-45-42-39-36-34-32-29-26-24-22-20-17-14-11-8-5-2)55-69-72(65,66)68-54-56(52-61)70-59(63)50-47-44-41-37-18-15-12-9-6-3/h7,10,16,19,23-26,28,30,33,35,56-57,61H,4-6,8-9,11-15,17-18,20-22,27,29,31-32,34,36-55H2,1-3H3,(H,65,66)/b10-7-,19-16-,25-23-,26-24-,30-28-,35-33-. The fourth-order valence-corrected chi connectivity index (χ4v) is 8.51. The molecule has 0 aliphatic heterocycles. The summed E-state index contributed by atoms with van der Waals surface area (Å²) >= 11 is 0. The molecule has 11 nitrogen and oxygen atoms in total. The molecule has 0 aliphatic carbocycles. The molecule has 3 atom stereocenters. The molecule has 0 aromatic heterocycles. The molecule has 0 saturated heterocycles. The van der Waals surface area contributed by atoms with Gasteiger partial charge in [-0.2, -0.15) is 0 Å². The molecule has 0 amide bonds. The van der Waals surface area contributed by atoms with Gasteiger partial charge >= 0.3 is 25.7 Å². The third kappa shape index (κ3) is 51.8. The van der Waals surface area contributed by atoms with Crippen LogP contribution in [-0.2, 0) is 42.2 Å². The lowest BCUT2D eigenvalue weighted by Gasteiger charge is -2.21. The number of aliphatic hydroxyl groups is 1. The Kier molecular flexibility index (Phi) is 51.9. The minimum atomic E-state index is -4.75. The van der Waals surface area contributed by atoms with E-state index in [0.717, 1.165) is 103 Å². The minimum absolute atomic E-state index is 0.154. The van der Waals surface area contributed by atoms with Crippen molar-refractivity contribution in [3.8, 4) is 0 Å². The summed E-state index contributed by atoms with van der Waals surface area (Å²) in [6, 6.07) is 0. The lowest BCUT2D eigenvalue weighted by Crippen LogP contribution is -2.30. The van der Waals surface area contributed by atoms with Crippen LogP contribution in [0.3, 0.4) is 0 Å². The molecule has 416 valence electrons. The zero-order valence-corrected chi connectivity index (χ0v) is 46.8. The monoisotopic (exact) mass is 1030 g/mol. The number of rotatable bonds is 53. The molecule has 2 N–H and O–H groups in total. The molecule has 3 unspecified atom stereocenters. The van der Waals surface area contributed by atoms with Gasteiger partial charge < -0.3 is 24.2 Å². The van der Waals surface area contributed by atoms with E-state index in [2.05, 4.69) is 93.7 Å². The lowest BCUT2D eigenvalue weighted by atomic mass is 10.1. The van der Waals surface area contributed by atoms with Gasteiger partial charge in [0.2, 0.25) is 0 Å². The van der Waals surface area contributed by atoms with Gasteiger partial charge in [0.05, 0.1) is 19.8 Å². The van der Waals surface area contributed by atoms with Crippen LogP contribution < -0.4 is 0 Å². The second-order valence-electron chi connectivity index (χ2n) is 19.1. The van der Waals surface area contributed by atoms with Gasteiger partial charge in [0.25, 0.3) is 0 Å². The summed E-state index contributed by atoms with van der Waals surface area (Å²) < 4.78 is 39.4. The number of carbonyl (C=O) groups excluding carboxylic acids is 3. The highest BCUT2D eigenvalue weighted by Gasteiger charge is 2.28. The predicted molar refractivity (Wildman–Crippen MR) is 298 cm³/mol. The van der Waals surface area contributed by atoms with Crippen molar-refractivity contribution in [2.24, 2.45) is 0 Å². The smallest absolute Gasteiger partial charge is 0.462 e. The van der Waals surface area contributed by atoms with Crippen LogP contribution in [0.1, 0.15) is 252 Å². The summed E-state index contributed by atoms with van der Waals surface area (Å²) in [6.45, 7) is 4.47. The van der Waals surface area contributed by atoms with Crippen LogP contribution in [0.5, 0.6) is 0 Å². The number of unbranched alkanes of at least 4 members (excludes halogenated alkanes) is 24. The van der Waals surface area contributed by atoms with Crippen molar-refractivity contribution in [2.45, 2.75) is 264 Å². The Morgan fingerprint density at radius 1 is 0.403 bits per heavy atom. The van der Waals surface area contributed by atoms with Gasteiger partial charge in [0.1, 0.15) is 12.7 Å². The van der Waals surface area contributed by atoms with Crippen molar-refractivity contribution in [3.05, 3.63) is 72.9 Å². The van der Waals surface area contributed by atoms with Gasteiger partial charge in [-0.25, -0.2) is 4.57 Å². The highest BCUT2D eigenvalue weighted by atomic mass is 31.2. The average molecular weight is 1030 g/mol. The summed E-state index contributed by atoms with van der Waals surface area (Å²) in [5.74, 6) is -1.51. The van der Waals surface area contributed by atoms with Crippen molar-refractivity contribution < 1.29 is 52.2 Å². The molecule has 0 fully saturated rings. The van der Waals surface area contributed by atoms with Gasteiger partial charge in [0, 0.05) is 19.3 Å². The third-order valence-electron chi connectivity index (χ3n) is 12.1. The van der Waals surface area contributed by atoms with Crippen LogP contribution >= 0.6 is 7.82 Å². The molecule has 12 heteroatoms. The minimum Gasteiger partial charge on any atom is -0.462 e. The molecule has 72 heavy (non-hydrogen) atoms. The van der Waals surface area contributed by atoms with E-state index in [0.29, 0.717) is 19.3 Å². The maximum Gasteiger partial charge on any atom is 0.472 e. The number of hydrogen-bond donors (Lipinski definition) is 2. The molecule has 0 saturated carbocycles. The quantitative estimate of drug-likeness (QED) is 0.0197. The van der Waals surface area contributed by atoms with E-state index in [-0.39, 0.29) is 25.9 Å². The molecule has 0 heterocycles. The molecule has 0 rings (SSSR count). The number of esters is 3. The maximum atomic E-state index is 12.9. The highest BCUT2D eigenvalue weighted by Crippen LogP contribution is 2.43. The molecule has 0 aromatic rings. The molecular weight excluding hydrogens is 928 g/mol. The summed E-state index contributed by atoms with van der Waals surface area (Å²) in [7, 11) is -4.75. The van der Waals surface area contributed by atoms with Crippen LogP contribution in [-0.4, -0.2) is 66.5 Å². The number of carbonyl (C=O) groups is 3. The van der Waals surface area contributed by atoms with Gasteiger partial charge in [0.15, 0.2) is 6.10 Å². The number of phosphoric ester groups is 1. The summed E-state index contributed by atoms with van der Waals surface area (Å²) in [5, 5.41) is 9.77. The number of ether oxygens (including phenoxy) is 3.